The molecule has 2 amide bonds. The van der Waals surface area contributed by atoms with Crippen molar-refractivity contribution in [2.75, 3.05) is 18.4 Å². The van der Waals surface area contributed by atoms with E-state index >= 15 is 0 Å². The van der Waals surface area contributed by atoms with Gasteiger partial charge in [0, 0.05) is 25.7 Å². The van der Waals surface area contributed by atoms with Gasteiger partial charge in [-0.1, -0.05) is 17.7 Å². The highest BCUT2D eigenvalue weighted by atomic mass is 32.2. The number of benzene rings is 2. The Morgan fingerprint density at radius 1 is 0.844 bits per heavy atom. The summed E-state index contributed by atoms with van der Waals surface area (Å²) in [5, 5.41) is 5.01. The van der Waals surface area contributed by atoms with E-state index in [1.807, 2.05) is 6.92 Å². The Kier molecular flexibility index (Phi) is 8.50. The second kappa shape index (κ2) is 10.7. The molecule has 0 bridgehead atoms. The van der Waals surface area contributed by atoms with E-state index in [0.717, 1.165) is 5.56 Å². The second-order valence-electron chi connectivity index (χ2n) is 7.05. The van der Waals surface area contributed by atoms with Gasteiger partial charge in [-0.05, 0) is 50.2 Å². The molecule has 0 saturated heterocycles. The molecule has 10 nitrogen and oxygen atoms in total. The third-order valence-corrected chi connectivity index (χ3v) is 7.29. The lowest BCUT2D eigenvalue weighted by Crippen LogP contribution is -2.46. The van der Waals surface area contributed by atoms with Crippen molar-refractivity contribution in [3.8, 4) is 0 Å². The molecule has 0 aliphatic heterocycles. The van der Waals surface area contributed by atoms with Crippen LogP contribution in [0.3, 0.4) is 0 Å². The predicted octanol–water partition coefficient (Wildman–Crippen LogP) is 0.715. The number of hydrogen-bond acceptors (Lipinski definition) is 6. The summed E-state index contributed by atoms with van der Waals surface area (Å²) >= 11 is 0. The fourth-order valence-corrected chi connectivity index (χ4v) is 4.83. The van der Waals surface area contributed by atoms with Crippen molar-refractivity contribution in [1.29, 1.82) is 0 Å². The van der Waals surface area contributed by atoms with Gasteiger partial charge in [-0.15, -0.1) is 0 Å². The summed E-state index contributed by atoms with van der Waals surface area (Å²) in [4.78, 5) is 23.3. The Labute approximate surface area is 187 Å². The van der Waals surface area contributed by atoms with Crippen LogP contribution in [0.25, 0.3) is 0 Å². The molecule has 0 aromatic heterocycles. The average molecular weight is 483 g/mol. The number of rotatable bonds is 10. The molecule has 0 spiro atoms. The van der Waals surface area contributed by atoms with Gasteiger partial charge in [0.15, 0.2) is 0 Å². The molecule has 4 N–H and O–H groups in total. The number of anilines is 1. The maximum atomic E-state index is 12.5. The lowest BCUT2D eigenvalue weighted by molar-refractivity contribution is -0.122. The van der Waals surface area contributed by atoms with E-state index in [2.05, 4.69) is 20.1 Å². The zero-order chi connectivity index (χ0) is 23.9. The molecule has 2 aromatic carbocycles. The summed E-state index contributed by atoms with van der Waals surface area (Å²) in [5.74, 6) is -0.900. The second-order valence-corrected chi connectivity index (χ2v) is 10.5. The monoisotopic (exact) mass is 482 g/mol. The van der Waals surface area contributed by atoms with Gasteiger partial charge in [-0.3, -0.25) is 9.59 Å². The molecular weight excluding hydrogens is 456 g/mol. The summed E-state index contributed by atoms with van der Waals surface area (Å²) in [5.41, 5.74) is 1.37. The first-order valence-corrected chi connectivity index (χ1v) is 12.6. The molecule has 0 heterocycles. The van der Waals surface area contributed by atoms with Gasteiger partial charge in [0.25, 0.3) is 0 Å². The Hall–Kier alpha value is -2.80. The maximum absolute atomic E-state index is 12.5. The fourth-order valence-electron chi connectivity index (χ4n) is 2.60. The molecule has 12 heteroatoms. The normalized spacial score (nSPS) is 12.7. The molecule has 32 heavy (non-hydrogen) atoms. The molecule has 1 atom stereocenters. The van der Waals surface area contributed by atoms with Gasteiger partial charge in [0.1, 0.15) is 0 Å². The highest BCUT2D eigenvalue weighted by Crippen LogP contribution is 2.14. The van der Waals surface area contributed by atoms with Gasteiger partial charge in [0.05, 0.1) is 15.8 Å². The lowest BCUT2D eigenvalue weighted by Gasteiger charge is -2.15. The van der Waals surface area contributed by atoms with Gasteiger partial charge in [0.2, 0.25) is 31.9 Å². The van der Waals surface area contributed by atoms with Crippen molar-refractivity contribution in [1.82, 2.24) is 14.8 Å². The molecule has 0 unspecified atom stereocenters. The van der Waals surface area contributed by atoms with Crippen LogP contribution in [0.4, 0.5) is 5.69 Å². The van der Waals surface area contributed by atoms with Gasteiger partial charge in [-0.25, -0.2) is 21.6 Å². The van der Waals surface area contributed by atoms with E-state index in [1.165, 1.54) is 50.2 Å². The van der Waals surface area contributed by atoms with Crippen LogP contribution in [0.1, 0.15) is 19.4 Å². The first kappa shape index (κ1) is 25.5. The third kappa shape index (κ3) is 7.41. The molecule has 0 aliphatic carbocycles. The van der Waals surface area contributed by atoms with Crippen molar-refractivity contribution in [2.45, 2.75) is 36.6 Å². The smallest absolute Gasteiger partial charge is 0.241 e. The summed E-state index contributed by atoms with van der Waals surface area (Å²) in [7, 11) is -7.69. The summed E-state index contributed by atoms with van der Waals surface area (Å²) in [6.07, 6.45) is 0. The van der Waals surface area contributed by atoms with Crippen LogP contribution < -0.4 is 20.1 Å². The van der Waals surface area contributed by atoms with E-state index < -0.39 is 32.0 Å². The van der Waals surface area contributed by atoms with Crippen LogP contribution in [0.5, 0.6) is 0 Å². The number of sulfonamides is 2. The van der Waals surface area contributed by atoms with Crippen molar-refractivity contribution >= 4 is 37.5 Å². The average Bonchev–Trinajstić information content (AvgIpc) is 2.71. The number of amides is 2. The van der Waals surface area contributed by atoms with Crippen molar-refractivity contribution in [2.24, 2.45) is 0 Å². The largest absolute Gasteiger partial charge is 0.353 e. The van der Waals surface area contributed by atoms with Gasteiger partial charge >= 0.3 is 0 Å². The van der Waals surface area contributed by atoms with E-state index in [1.54, 1.807) is 12.1 Å². The van der Waals surface area contributed by atoms with E-state index in [9.17, 15) is 26.4 Å². The van der Waals surface area contributed by atoms with Crippen molar-refractivity contribution < 1.29 is 26.4 Å². The Morgan fingerprint density at radius 3 is 1.94 bits per heavy atom. The van der Waals surface area contributed by atoms with E-state index in [4.69, 9.17) is 0 Å². The molecular formula is C20H26N4O6S2. The number of nitrogens with one attached hydrogen (secondary N) is 4. The zero-order valence-corrected chi connectivity index (χ0v) is 19.5. The molecule has 2 rings (SSSR count). The minimum atomic E-state index is -3.98. The van der Waals surface area contributed by atoms with E-state index in [-0.39, 0.29) is 28.8 Å². The quantitative estimate of drug-likeness (QED) is 0.366. The molecule has 0 saturated carbocycles. The molecule has 0 radical (unpaired) electrons. The maximum Gasteiger partial charge on any atom is 0.241 e. The number of carbonyl (C=O) groups is 2. The SMILES string of the molecule is CC(=O)Nc1ccc(S(=O)(=O)N[C@@H](C)C(=O)NCCNS(=O)(=O)c2ccc(C)cc2)cc1. The number of aryl methyl sites for hydroxylation is 1. The van der Waals surface area contributed by atoms with Crippen LogP contribution in [0.2, 0.25) is 0 Å². The fraction of sp³-hybridized carbons (Fsp3) is 0.300. The summed E-state index contributed by atoms with van der Waals surface area (Å²) < 4.78 is 54.0. The molecule has 0 aliphatic rings. The standard InChI is InChI=1S/C20H26N4O6S2/c1-14-4-8-18(9-5-14)31(27,28)22-13-12-21-20(26)15(2)24-32(29,30)19-10-6-17(7-11-19)23-16(3)25/h4-11,15,22,24H,12-13H2,1-3H3,(H,21,26)(H,23,25)/t15-/m0/s1. The highest BCUT2D eigenvalue weighted by molar-refractivity contribution is 7.89. The summed E-state index contributed by atoms with van der Waals surface area (Å²) in [6.45, 7) is 4.46. The van der Waals surface area contributed by atoms with Crippen molar-refractivity contribution in [3.05, 3.63) is 54.1 Å². The van der Waals surface area contributed by atoms with Crippen LogP contribution in [-0.2, 0) is 29.6 Å². The molecule has 174 valence electrons. The lowest BCUT2D eigenvalue weighted by atomic mass is 10.2. The zero-order valence-electron chi connectivity index (χ0n) is 17.9. The van der Waals surface area contributed by atoms with Gasteiger partial charge in [-0.2, -0.15) is 4.72 Å². The van der Waals surface area contributed by atoms with E-state index in [0.29, 0.717) is 5.69 Å². The topological polar surface area (TPSA) is 151 Å². The van der Waals surface area contributed by atoms with Crippen molar-refractivity contribution in [3.63, 3.8) is 0 Å². The summed E-state index contributed by atoms with van der Waals surface area (Å²) in [6, 6.07) is 10.7. The Morgan fingerprint density at radius 2 is 1.38 bits per heavy atom. The Balaban J connectivity index is 1.85. The van der Waals surface area contributed by atoms with Crippen LogP contribution in [-0.4, -0.2) is 47.8 Å². The van der Waals surface area contributed by atoms with Gasteiger partial charge < -0.3 is 10.6 Å². The first-order chi connectivity index (χ1) is 14.9. The minimum Gasteiger partial charge on any atom is -0.353 e. The highest BCUT2D eigenvalue weighted by Gasteiger charge is 2.22. The third-order valence-electron chi connectivity index (χ3n) is 4.26. The van der Waals surface area contributed by atoms with Crippen LogP contribution in [0, 0.1) is 6.92 Å². The first-order valence-electron chi connectivity index (χ1n) is 9.65. The van der Waals surface area contributed by atoms with Crippen LogP contribution in [0.15, 0.2) is 58.3 Å². The minimum absolute atomic E-state index is 0.0264. The Bertz CT molecular complexity index is 1160. The molecule has 0 fully saturated rings. The van der Waals surface area contributed by atoms with Crippen LogP contribution >= 0.6 is 0 Å². The number of carbonyl (C=O) groups excluding carboxylic acids is 2. The molecule has 2 aromatic rings. The predicted molar refractivity (Wildman–Crippen MR) is 120 cm³/mol. The number of hydrogen-bond donors (Lipinski definition) is 4.